The van der Waals surface area contributed by atoms with Gasteiger partial charge in [0, 0.05) is 5.56 Å². The third-order valence-corrected chi connectivity index (χ3v) is 3.49. The van der Waals surface area contributed by atoms with E-state index < -0.39 is 23.6 Å². The molecule has 0 aliphatic rings. The van der Waals surface area contributed by atoms with E-state index in [1.165, 1.54) is 12.1 Å². The zero-order valence-corrected chi connectivity index (χ0v) is 11.6. The summed E-state index contributed by atoms with van der Waals surface area (Å²) in [7, 11) is 0. The van der Waals surface area contributed by atoms with Gasteiger partial charge in [-0.1, -0.05) is 17.7 Å². The Hall–Kier alpha value is -1.04. The van der Waals surface area contributed by atoms with Crippen LogP contribution in [-0.2, 0) is 0 Å². The predicted molar refractivity (Wildman–Crippen MR) is 69.5 cm³/mol. The van der Waals surface area contributed by atoms with E-state index in [2.05, 4.69) is 15.9 Å². The summed E-state index contributed by atoms with van der Waals surface area (Å²) < 4.78 is 40.0. The molecule has 6 heteroatoms. The van der Waals surface area contributed by atoms with E-state index in [0.717, 1.165) is 18.2 Å². The number of aliphatic hydroxyl groups excluding tert-OH is 1. The van der Waals surface area contributed by atoms with Crippen molar-refractivity contribution in [2.24, 2.45) is 0 Å². The summed E-state index contributed by atoms with van der Waals surface area (Å²) in [5, 5.41) is 9.80. The minimum Gasteiger partial charge on any atom is -0.384 e. The van der Waals surface area contributed by atoms with E-state index in [1.54, 1.807) is 0 Å². The Morgan fingerprint density at radius 1 is 1.00 bits per heavy atom. The molecule has 2 aromatic carbocycles. The fourth-order valence-corrected chi connectivity index (χ4v) is 2.11. The Bertz CT molecular complexity index is 634. The third kappa shape index (κ3) is 2.94. The van der Waals surface area contributed by atoms with Gasteiger partial charge in [0.15, 0.2) is 0 Å². The highest BCUT2D eigenvalue weighted by molar-refractivity contribution is 9.10. The molecule has 0 aliphatic carbocycles. The molecule has 0 bridgehead atoms. The lowest BCUT2D eigenvalue weighted by molar-refractivity contribution is 0.214. The maximum atomic E-state index is 13.7. The molecule has 1 atom stereocenters. The fraction of sp³-hybridized carbons (Fsp3) is 0.0769. The molecule has 1 nitrogen and oxygen atoms in total. The summed E-state index contributed by atoms with van der Waals surface area (Å²) >= 11 is 8.42. The molecule has 2 rings (SSSR count). The Labute approximate surface area is 120 Å². The van der Waals surface area contributed by atoms with Crippen molar-refractivity contribution in [3.63, 3.8) is 0 Å². The van der Waals surface area contributed by atoms with E-state index >= 15 is 0 Å². The summed E-state index contributed by atoms with van der Waals surface area (Å²) in [4.78, 5) is 0. The van der Waals surface area contributed by atoms with Gasteiger partial charge in [-0.25, -0.2) is 13.2 Å². The van der Waals surface area contributed by atoms with Crippen LogP contribution in [0, 0.1) is 17.5 Å². The number of benzene rings is 2. The third-order valence-electron chi connectivity index (χ3n) is 2.59. The van der Waals surface area contributed by atoms with Crippen molar-refractivity contribution in [2.45, 2.75) is 6.10 Å². The Morgan fingerprint density at radius 2 is 1.68 bits per heavy atom. The maximum absolute atomic E-state index is 13.7. The molecular formula is C13H7BrClF3O. The van der Waals surface area contributed by atoms with Gasteiger partial charge in [-0.3, -0.25) is 0 Å². The van der Waals surface area contributed by atoms with E-state index in [4.69, 9.17) is 11.6 Å². The van der Waals surface area contributed by atoms with Crippen LogP contribution in [0.2, 0.25) is 5.02 Å². The molecule has 0 saturated carbocycles. The van der Waals surface area contributed by atoms with Crippen LogP contribution >= 0.6 is 27.5 Å². The topological polar surface area (TPSA) is 20.2 Å². The van der Waals surface area contributed by atoms with Crippen molar-refractivity contribution in [2.75, 3.05) is 0 Å². The average Bonchev–Trinajstić information content (AvgIpc) is 2.36. The Balaban J connectivity index is 2.46. The minimum atomic E-state index is -1.43. The minimum absolute atomic E-state index is 0.0434. The van der Waals surface area contributed by atoms with Crippen LogP contribution in [0.4, 0.5) is 13.2 Å². The fourth-order valence-electron chi connectivity index (χ4n) is 1.61. The van der Waals surface area contributed by atoms with Gasteiger partial charge in [-0.05, 0) is 45.8 Å². The number of rotatable bonds is 2. The monoisotopic (exact) mass is 350 g/mol. The van der Waals surface area contributed by atoms with Crippen LogP contribution < -0.4 is 0 Å². The quantitative estimate of drug-likeness (QED) is 0.784. The standard InChI is InChI=1S/C13H7BrClF3O/c14-8-5-11(17)7(4-12(8)18)13(19)6-1-2-10(16)9(15)3-6/h1-5,13,19H. The lowest BCUT2D eigenvalue weighted by Gasteiger charge is -2.13. The lowest BCUT2D eigenvalue weighted by atomic mass is 10.0. The maximum Gasteiger partial charge on any atom is 0.141 e. The molecule has 0 spiro atoms. The number of halogens is 5. The second-order valence-corrected chi connectivity index (χ2v) is 5.13. The Kier molecular flexibility index (Phi) is 4.18. The number of hydrogen-bond donors (Lipinski definition) is 1. The highest BCUT2D eigenvalue weighted by Gasteiger charge is 2.18. The van der Waals surface area contributed by atoms with E-state index in [-0.39, 0.29) is 20.6 Å². The molecule has 0 aromatic heterocycles. The Morgan fingerprint density at radius 3 is 2.32 bits per heavy atom. The summed E-state index contributed by atoms with van der Waals surface area (Å²) in [5.41, 5.74) is -0.0737. The molecule has 0 heterocycles. The van der Waals surface area contributed by atoms with Crippen LogP contribution in [0.25, 0.3) is 0 Å². The molecule has 2 aromatic rings. The molecule has 1 unspecified atom stereocenters. The van der Waals surface area contributed by atoms with Gasteiger partial charge < -0.3 is 5.11 Å². The van der Waals surface area contributed by atoms with Crippen LogP contribution in [0.1, 0.15) is 17.2 Å². The van der Waals surface area contributed by atoms with Crippen molar-refractivity contribution in [3.05, 3.63) is 68.4 Å². The van der Waals surface area contributed by atoms with Gasteiger partial charge in [-0.2, -0.15) is 0 Å². The van der Waals surface area contributed by atoms with Crippen molar-refractivity contribution >= 4 is 27.5 Å². The highest BCUT2D eigenvalue weighted by atomic mass is 79.9. The van der Waals surface area contributed by atoms with Gasteiger partial charge in [-0.15, -0.1) is 0 Å². The highest BCUT2D eigenvalue weighted by Crippen LogP contribution is 2.30. The van der Waals surface area contributed by atoms with E-state index in [0.29, 0.717) is 0 Å². The first kappa shape index (κ1) is 14.4. The predicted octanol–water partition coefficient (Wildman–Crippen LogP) is 4.60. The van der Waals surface area contributed by atoms with Crippen molar-refractivity contribution < 1.29 is 18.3 Å². The normalized spacial score (nSPS) is 12.5. The van der Waals surface area contributed by atoms with Gasteiger partial charge in [0.2, 0.25) is 0 Å². The molecule has 0 fully saturated rings. The first-order valence-corrected chi connectivity index (χ1v) is 6.34. The van der Waals surface area contributed by atoms with Crippen LogP contribution in [0.15, 0.2) is 34.8 Å². The molecule has 0 amide bonds. The van der Waals surface area contributed by atoms with Gasteiger partial charge >= 0.3 is 0 Å². The lowest BCUT2D eigenvalue weighted by Crippen LogP contribution is -2.04. The molecular weight excluding hydrogens is 344 g/mol. The van der Waals surface area contributed by atoms with Gasteiger partial charge in [0.25, 0.3) is 0 Å². The summed E-state index contributed by atoms with van der Waals surface area (Å²) in [6, 6.07) is 5.26. The summed E-state index contributed by atoms with van der Waals surface area (Å²) in [6.07, 6.45) is -1.43. The molecule has 100 valence electrons. The molecule has 0 saturated heterocycles. The van der Waals surface area contributed by atoms with Crippen LogP contribution in [-0.4, -0.2) is 5.11 Å². The second-order valence-electron chi connectivity index (χ2n) is 3.86. The average molecular weight is 352 g/mol. The van der Waals surface area contributed by atoms with Crippen molar-refractivity contribution in [1.82, 2.24) is 0 Å². The molecule has 0 aliphatic heterocycles. The van der Waals surface area contributed by atoms with E-state index in [1.807, 2.05) is 0 Å². The van der Waals surface area contributed by atoms with Crippen LogP contribution in [0.3, 0.4) is 0 Å². The first-order chi connectivity index (χ1) is 8.90. The van der Waals surface area contributed by atoms with Crippen molar-refractivity contribution in [1.29, 1.82) is 0 Å². The zero-order chi connectivity index (χ0) is 14.2. The molecule has 1 N–H and O–H groups in total. The SMILES string of the molecule is OC(c1ccc(F)c(Cl)c1)c1cc(F)c(Br)cc1F. The van der Waals surface area contributed by atoms with E-state index in [9.17, 15) is 18.3 Å². The van der Waals surface area contributed by atoms with Gasteiger partial charge in [0.1, 0.15) is 23.6 Å². The smallest absolute Gasteiger partial charge is 0.141 e. The number of hydrogen-bond acceptors (Lipinski definition) is 1. The number of aliphatic hydroxyl groups is 1. The second kappa shape index (κ2) is 5.53. The zero-order valence-electron chi connectivity index (χ0n) is 9.30. The largest absolute Gasteiger partial charge is 0.384 e. The first-order valence-electron chi connectivity index (χ1n) is 5.17. The van der Waals surface area contributed by atoms with Gasteiger partial charge in [0.05, 0.1) is 9.50 Å². The molecule has 0 radical (unpaired) electrons. The summed E-state index contributed by atoms with van der Waals surface area (Å²) in [6.45, 7) is 0. The van der Waals surface area contributed by atoms with Crippen LogP contribution in [0.5, 0.6) is 0 Å². The summed E-state index contributed by atoms with van der Waals surface area (Å²) in [5.74, 6) is -2.13. The van der Waals surface area contributed by atoms with Crippen molar-refractivity contribution in [3.8, 4) is 0 Å². The molecule has 19 heavy (non-hydrogen) atoms.